The lowest BCUT2D eigenvalue weighted by Crippen LogP contribution is -2.41. The number of likely N-dealkylation sites (N-methyl/N-ethyl adjacent to an activating group) is 1. The highest BCUT2D eigenvalue weighted by Gasteiger charge is 2.52. The van der Waals surface area contributed by atoms with Gasteiger partial charge in [0.05, 0.1) is 16.7 Å². The lowest BCUT2D eigenvalue weighted by atomic mass is 9.77. The number of para-hydroxylation sites is 1. The molecule has 1 aromatic carbocycles. The van der Waals surface area contributed by atoms with Crippen molar-refractivity contribution >= 4 is 35.7 Å². The number of pyridine rings is 1. The zero-order valence-electron chi connectivity index (χ0n) is 15.4. The van der Waals surface area contributed by atoms with E-state index in [-0.39, 0.29) is 11.2 Å². The molecule has 1 N–H and O–H groups in total. The summed E-state index contributed by atoms with van der Waals surface area (Å²) in [6, 6.07) is 9.98. The molecule has 132 valence electrons. The van der Waals surface area contributed by atoms with Crippen molar-refractivity contribution in [2.45, 2.75) is 38.9 Å². The molecule has 6 heteroatoms. The van der Waals surface area contributed by atoms with Crippen molar-refractivity contribution in [3.8, 4) is 0 Å². The highest BCUT2D eigenvalue weighted by molar-refractivity contribution is 6.56. The Labute approximate surface area is 154 Å². The van der Waals surface area contributed by atoms with Crippen molar-refractivity contribution < 1.29 is 9.31 Å². The van der Waals surface area contributed by atoms with Crippen LogP contribution in [0.3, 0.4) is 0 Å². The Morgan fingerprint density at radius 2 is 1.84 bits per heavy atom. The van der Waals surface area contributed by atoms with Crippen molar-refractivity contribution in [1.29, 1.82) is 0 Å². The number of fused-ring (bicyclic) bond motifs is 1. The minimum Gasteiger partial charge on any atom is -0.400 e. The van der Waals surface area contributed by atoms with Crippen LogP contribution in [0.2, 0.25) is 5.15 Å². The van der Waals surface area contributed by atoms with E-state index in [1.165, 1.54) is 0 Å². The van der Waals surface area contributed by atoms with E-state index in [1.54, 1.807) is 0 Å². The molecule has 4 nitrogen and oxygen atoms in total. The lowest BCUT2D eigenvalue weighted by Gasteiger charge is -2.32. The number of benzene rings is 1. The van der Waals surface area contributed by atoms with E-state index < -0.39 is 7.12 Å². The van der Waals surface area contributed by atoms with Crippen LogP contribution >= 0.6 is 11.6 Å². The number of nitrogens with zero attached hydrogens (tertiary/aromatic N) is 1. The molecule has 3 rings (SSSR count). The first-order valence-corrected chi connectivity index (χ1v) is 8.87. The number of halogens is 1. The first kappa shape index (κ1) is 18.4. The monoisotopic (exact) mass is 358 g/mol. The lowest BCUT2D eigenvalue weighted by molar-refractivity contribution is 0.00578. The molecule has 0 amide bonds. The zero-order chi connectivity index (χ0) is 18.2. The van der Waals surface area contributed by atoms with E-state index in [1.807, 2.05) is 43.5 Å². The molecule has 2 aromatic rings. The molecule has 1 aliphatic rings. The fourth-order valence-electron chi connectivity index (χ4n) is 2.81. The van der Waals surface area contributed by atoms with E-state index in [9.17, 15) is 0 Å². The van der Waals surface area contributed by atoms with E-state index in [2.05, 4.69) is 38.0 Å². The number of aromatic nitrogens is 1. The number of rotatable bonds is 4. The molecular weight excluding hydrogens is 334 g/mol. The molecule has 0 aliphatic carbocycles. The van der Waals surface area contributed by atoms with Crippen LogP contribution in [0.15, 0.2) is 35.8 Å². The molecule has 1 aromatic heterocycles. The van der Waals surface area contributed by atoms with Crippen molar-refractivity contribution in [1.82, 2.24) is 10.3 Å². The fourth-order valence-corrected chi connectivity index (χ4v) is 3.01. The second-order valence-electron chi connectivity index (χ2n) is 7.40. The summed E-state index contributed by atoms with van der Waals surface area (Å²) in [5.74, 6) is 0. The van der Waals surface area contributed by atoms with E-state index >= 15 is 0 Å². The van der Waals surface area contributed by atoms with Crippen LogP contribution < -0.4 is 5.32 Å². The SMILES string of the molecule is CNCC(=Cc1cc2ccccc2nc1Cl)B1OC(C)(C)C(C)(C)O1. The Bertz CT molecular complexity index is 804. The van der Waals surface area contributed by atoms with Gasteiger partial charge in [0.25, 0.3) is 0 Å². The van der Waals surface area contributed by atoms with Crippen molar-refractivity contribution in [2.24, 2.45) is 0 Å². The van der Waals surface area contributed by atoms with Gasteiger partial charge in [0.1, 0.15) is 5.15 Å². The molecule has 1 fully saturated rings. The molecule has 0 saturated carbocycles. The normalized spacial score (nSPS) is 19.6. The summed E-state index contributed by atoms with van der Waals surface area (Å²) in [5, 5.41) is 4.71. The third-order valence-corrected chi connectivity index (χ3v) is 5.29. The minimum atomic E-state index is -0.417. The Morgan fingerprint density at radius 3 is 2.48 bits per heavy atom. The van der Waals surface area contributed by atoms with Gasteiger partial charge in [-0.15, -0.1) is 0 Å². The van der Waals surface area contributed by atoms with Gasteiger partial charge in [-0.1, -0.05) is 35.9 Å². The van der Waals surface area contributed by atoms with Gasteiger partial charge in [-0.2, -0.15) is 0 Å². The molecule has 0 radical (unpaired) electrons. The topological polar surface area (TPSA) is 43.4 Å². The molecule has 0 atom stereocenters. The minimum absolute atomic E-state index is 0.379. The fraction of sp³-hybridized carbons (Fsp3) is 0.421. The van der Waals surface area contributed by atoms with E-state index in [0.717, 1.165) is 21.9 Å². The van der Waals surface area contributed by atoms with E-state index in [4.69, 9.17) is 20.9 Å². The first-order chi connectivity index (χ1) is 11.7. The van der Waals surface area contributed by atoms with Crippen LogP contribution in [-0.4, -0.2) is 36.9 Å². The van der Waals surface area contributed by atoms with Crippen LogP contribution in [0.1, 0.15) is 33.3 Å². The van der Waals surface area contributed by atoms with Crippen LogP contribution in [0.4, 0.5) is 0 Å². The molecule has 1 saturated heterocycles. The first-order valence-electron chi connectivity index (χ1n) is 8.49. The maximum absolute atomic E-state index is 6.41. The smallest absolute Gasteiger partial charge is 0.400 e. The third kappa shape index (κ3) is 3.60. The number of nitrogens with one attached hydrogen (secondary N) is 1. The Hall–Kier alpha value is -1.40. The van der Waals surface area contributed by atoms with Gasteiger partial charge >= 0.3 is 7.12 Å². The Kier molecular flexibility index (Phi) is 4.95. The Balaban J connectivity index is 2.00. The summed E-state index contributed by atoms with van der Waals surface area (Å²) in [6.07, 6.45) is 2.01. The van der Waals surface area contributed by atoms with Gasteiger partial charge in [-0.05, 0) is 52.3 Å². The molecular formula is C19H24BClN2O2. The van der Waals surface area contributed by atoms with Gasteiger partial charge in [0, 0.05) is 17.5 Å². The van der Waals surface area contributed by atoms with Crippen LogP contribution in [0, 0.1) is 0 Å². The predicted octanol–water partition coefficient (Wildman–Crippen LogP) is 4.12. The molecule has 0 unspecified atom stereocenters. The molecule has 0 spiro atoms. The van der Waals surface area contributed by atoms with Gasteiger partial charge < -0.3 is 14.6 Å². The summed E-state index contributed by atoms with van der Waals surface area (Å²) in [5.41, 5.74) is 1.97. The summed E-state index contributed by atoms with van der Waals surface area (Å²) >= 11 is 6.41. The molecule has 0 bridgehead atoms. The summed E-state index contributed by atoms with van der Waals surface area (Å²) in [6.45, 7) is 8.84. The van der Waals surface area contributed by atoms with Gasteiger partial charge in [-0.25, -0.2) is 4.98 Å². The molecule has 2 heterocycles. The molecule has 25 heavy (non-hydrogen) atoms. The van der Waals surface area contributed by atoms with Crippen molar-refractivity contribution in [3.63, 3.8) is 0 Å². The van der Waals surface area contributed by atoms with Crippen LogP contribution in [-0.2, 0) is 9.31 Å². The second-order valence-corrected chi connectivity index (χ2v) is 7.76. The highest BCUT2D eigenvalue weighted by Crippen LogP contribution is 2.39. The Morgan fingerprint density at radius 1 is 1.20 bits per heavy atom. The summed E-state index contributed by atoms with van der Waals surface area (Å²) < 4.78 is 12.4. The number of hydrogen-bond donors (Lipinski definition) is 1. The van der Waals surface area contributed by atoms with E-state index in [0.29, 0.717) is 11.7 Å². The zero-order valence-corrected chi connectivity index (χ0v) is 16.1. The highest BCUT2D eigenvalue weighted by atomic mass is 35.5. The maximum atomic E-state index is 6.41. The van der Waals surface area contributed by atoms with Gasteiger partial charge in [-0.3, -0.25) is 0 Å². The molecule has 1 aliphatic heterocycles. The predicted molar refractivity (Wildman–Crippen MR) is 105 cm³/mol. The van der Waals surface area contributed by atoms with Crippen LogP contribution in [0.25, 0.3) is 17.0 Å². The summed E-state index contributed by atoms with van der Waals surface area (Å²) in [7, 11) is 1.49. The average molecular weight is 359 g/mol. The largest absolute Gasteiger partial charge is 0.491 e. The van der Waals surface area contributed by atoms with Crippen molar-refractivity contribution in [3.05, 3.63) is 46.5 Å². The summed E-state index contributed by atoms with van der Waals surface area (Å²) in [4.78, 5) is 4.49. The number of hydrogen-bond acceptors (Lipinski definition) is 4. The quantitative estimate of drug-likeness (QED) is 0.659. The standard InChI is InChI=1S/C19H24BClN2O2/c1-18(2)19(3,4)25-20(24-18)15(12-22-5)11-14-10-13-8-6-7-9-16(13)23-17(14)21/h6-11,22H,12H2,1-5H3. The maximum Gasteiger partial charge on any atom is 0.491 e. The van der Waals surface area contributed by atoms with Gasteiger partial charge in [0.15, 0.2) is 0 Å². The third-order valence-electron chi connectivity index (χ3n) is 4.98. The van der Waals surface area contributed by atoms with Crippen LogP contribution in [0.5, 0.6) is 0 Å². The average Bonchev–Trinajstić information content (AvgIpc) is 2.75. The van der Waals surface area contributed by atoms with Gasteiger partial charge in [0.2, 0.25) is 0 Å². The second kappa shape index (κ2) is 6.73. The van der Waals surface area contributed by atoms with Crippen molar-refractivity contribution in [2.75, 3.05) is 13.6 Å².